The Morgan fingerprint density at radius 2 is 1.89 bits per heavy atom. The fourth-order valence-electron chi connectivity index (χ4n) is 6.10. The van der Waals surface area contributed by atoms with Gasteiger partial charge in [-0.25, -0.2) is 4.98 Å². The zero-order valence-electron chi connectivity index (χ0n) is 21.6. The fourth-order valence-corrected chi connectivity index (χ4v) is 6.10. The van der Waals surface area contributed by atoms with Gasteiger partial charge in [-0.2, -0.15) is 0 Å². The Bertz CT molecular complexity index is 920. The van der Waals surface area contributed by atoms with Crippen LogP contribution in [-0.2, 0) is 27.3 Å². The first-order valence-corrected chi connectivity index (χ1v) is 13.4. The Morgan fingerprint density at radius 1 is 1.11 bits per heavy atom. The number of H-pyrrole nitrogens is 1. The first kappa shape index (κ1) is 25.7. The van der Waals surface area contributed by atoms with Crippen LogP contribution < -0.4 is 10.6 Å². The Balaban J connectivity index is 1.38. The van der Waals surface area contributed by atoms with Gasteiger partial charge in [-0.15, -0.1) is 0 Å². The number of amides is 3. The molecule has 1 aromatic heterocycles. The van der Waals surface area contributed by atoms with Crippen LogP contribution in [0.15, 0.2) is 0 Å². The average Bonchev–Trinajstić information content (AvgIpc) is 3.20. The largest absolute Gasteiger partial charge is 0.351 e. The second-order valence-corrected chi connectivity index (χ2v) is 10.8. The first-order valence-electron chi connectivity index (χ1n) is 13.4. The molecule has 3 aliphatic rings. The molecular weight excluding hydrogens is 444 g/mol. The number of piperidine rings is 2. The number of imidazole rings is 1. The molecule has 194 valence electrons. The molecule has 4 rings (SSSR count). The van der Waals surface area contributed by atoms with Crippen LogP contribution in [0.5, 0.6) is 0 Å². The second kappa shape index (κ2) is 11.1. The van der Waals surface area contributed by atoms with E-state index in [1.54, 1.807) is 6.92 Å². The molecule has 4 heterocycles. The molecule has 3 aliphatic heterocycles. The van der Waals surface area contributed by atoms with Gasteiger partial charge in [-0.05, 0) is 58.0 Å². The summed E-state index contributed by atoms with van der Waals surface area (Å²) in [4.78, 5) is 50.3. The summed E-state index contributed by atoms with van der Waals surface area (Å²) in [6, 6.07) is 0.0744. The third kappa shape index (κ3) is 6.05. The van der Waals surface area contributed by atoms with Gasteiger partial charge >= 0.3 is 0 Å². The van der Waals surface area contributed by atoms with E-state index < -0.39 is 5.41 Å². The van der Waals surface area contributed by atoms with E-state index in [0.29, 0.717) is 13.1 Å². The molecule has 1 aromatic rings. The Kier molecular flexibility index (Phi) is 8.14. The van der Waals surface area contributed by atoms with Crippen molar-refractivity contribution in [3.63, 3.8) is 0 Å². The zero-order valence-corrected chi connectivity index (χ0v) is 21.6. The second-order valence-electron chi connectivity index (χ2n) is 10.8. The van der Waals surface area contributed by atoms with E-state index in [1.807, 2.05) is 4.90 Å². The SMILES string of the molecule is CCc1nc(CN2CCC3(CCCC[C@H]4CN(C(C)=O)CC[C@H]4NC(=O)CNC3=O)CC2)c(C)[nH]1. The van der Waals surface area contributed by atoms with Gasteiger partial charge < -0.3 is 20.5 Å². The maximum Gasteiger partial charge on any atom is 0.239 e. The number of nitrogens with one attached hydrogen (secondary N) is 3. The van der Waals surface area contributed by atoms with Gasteiger partial charge in [0.05, 0.1) is 17.7 Å². The quantitative estimate of drug-likeness (QED) is 0.605. The van der Waals surface area contributed by atoms with Gasteiger partial charge in [-0.1, -0.05) is 19.8 Å². The van der Waals surface area contributed by atoms with Crippen LogP contribution in [0.3, 0.4) is 0 Å². The standard InChI is InChI=1S/C26H42N6O3/c1-4-23-28-18(2)22(29-23)17-31-13-10-26(11-14-31)9-6-5-7-20-16-32(19(3)33)12-8-21(20)30-24(34)15-27-25(26)35/h20-21H,4-17H2,1-3H3,(H,27,35)(H,28,29)(H,30,34)/t20-,21+/m0/s1. The molecule has 0 aromatic carbocycles. The van der Waals surface area contributed by atoms with Crippen molar-refractivity contribution in [2.45, 2.75) is 84.7 Å². The molecule has 2 atom stereocenters. The minimum absolute atomic E-state index is 0.0240. The van der Waals surface area contributed by atoms with Crippen molar-refractivity contribution in [3.8, 4) is 0 Å². The average molecular weight is 487 g/mol. The van der Waals surface area contributed by atoms with Gasteiger partial charge in [-0.3, -0.25) is 19.3 Å². The molecule has 0 radical (unpaired) electrons. The summed E-state index contributed by atoms with van der Waals surface area (Å²) in [5, 5.41) is 6.11. The number of aromatic nitrogens is 2. The maximum atomic E-state index is 13.3. The number of hydrogen-bond donors (Lipinski definition) is 3. The molecule has 9 heteroatoms. The number of aromatic amines is 1. The smallest absolute Gasteiger partial charge is 0.239 e. The normalized spacial score (nSPS) is 26.3. The van der Waals surface area contributed by atoms with Gasteiger partial charge in [0.1, 0.15) is 5.82 Å². The number of nitrogens with zero attached hydrogens (tertiary/aromatic N) is 3. The van der Waals surface area contributed by atoms with Gasteiger partial charge in [0, 0.05) is 44.7 Å². The highest BCUT2D eigenvalue weighted by atomic mass is 16.2. The predicted octanol–water partition coefficient (Wildman–Crippen LogP) is 1.91. The van der Waals surface area contributed by atoms with Crippen molar-refractivity contribution >= 4 is 17.7 Å². The lowest BCUT2D eigenvalue weighted by molar-refractivity contribution is -0.137. The highest BCUT2D eigenvalue weighted by Gasteiger charge is 2.41. The van der Waals surface area contributed by atoms with Crippen LogP contribution in [0.25, 0.3) is 0 Å². The van der Waals surface area contributed by atoms with Crippen molar-refractivity contribution < 1.29 is 14.4 Å². The summed E-state index contributed by atoms with van der Waals surface area (Å²) in [5.74, 6) is 1.30. The summed E-state index contributed by atoms with van der Waals surface area (Å²) in [6.07, 6.45) is 7.09. The third-order valence-electron chi connectivity index (χ3n) is 8.45. The zero-order chi connectivity index (χ0) is 25.0. The van der Waals surface area contributed by atoms with E-state index in [4.69, 9.17) is 4.98 Å². The minimum Gasteiger partial charge on any atom is -0.351 e. The summed E-state index contributed by atoms with van der Waals surface area (Å²) in [7, 11) is 0. The Labute approximate surface area is 208 Å². The maximum absolute atomic E-state index is 13.3. The number of carbonyl (C=O) groups excluding carboxylic acids is 3. The molecule has 0 aliphatic carbocycles. The monoisotopic (exact) mass is 486 g/mol. The van der Waals surface area contributed by atoms with Crippen LogP contribution in [0.2, 0.25) is 0 Å². The van der Waals surface area contributed by atoms with E-state index in [1.165, 1.54) is 0 Å². The third-order valence-corrected chi connectivity index (χ3v) is 8.45. The van der Waals surface area contributed by atoms with Gasteiger partial charge in [0.15, 0.2) is 0 Å². The number of fused-ring (bicyclic) bond motifs is 1. The number of carbonyl (C=O) groups is 3. The number of hydrogen-bond acceptors (Lipinski definition) is 5. The summed E-state index contributed by atoms with van der Waals surface area (Å²) >= 11 is 0. The van der Waals surface area contributed by atoms with Crippen LogP contribution in [0.4, 0.5) is 0 Å². The van der Waals surface area contributed by atoms with Crippen molar-refractivity contribution in [1.29, 1.82) is 0 Å². The van der Waals surface area contributed by atoms with E-state index in [-0.39, 0.29) is 36.2 Å². The summed E-state index contributed by atoms with van der Waals surface area (Å²) in [6.45, 7) is 9.72. The van der Waals surface area contributed by atoms with Crippen molar-refractivity contribution in [2.75, 3.05) is 32.7 Å². The topological polar surface area (TPSA) is 110 Å². The highest BCUT2D eigenvalue weighted by molar-refractivity contribution is 5.88. The highest BCUT2D eigenvalue weighted by Crippen LogP contribution is 2.38. The predicted molar refractivity (Wildman–Crippen MR) is 133 cm³/mol. The van der Waals surface area contributed by atoms with Crippen molar-refractivity contribution in [1.82, 2.24) is 30.4 Å². The van der Waals surface area contributed by atoms with E-state index in [0.717, 1.165) is 88.2 Å². The van der Waals surface area contributed by atoms with E-state index in [2.05, 4.69) is 34.4 Å². The summed E-state index contributed by atoms with van der Waals surface area (Å²) in [5.41, 5.74) is 1.81. The number of aryl methyl sites for hydroxylation is 2. The number of rotatable bonds is 3. The molecular formula is C26H42N6O3. The molecule has 1 spiro atoms. The lowest BCUT2D eigenvalue weighted by atomic mass is 9.73. The molecule has 0 unspecified atom stereocenters. The van der Waals surface area contributed by atoms with E-state index in [9.17, 15) is 14.4 Å². The molecule has 3 N–H and O–H groups in total. The van der Waals surface area contributed by atoms with E-state index >= 15 is 0 Å². The molecule has 3 saturated heterocycles. The number of likely N-dealkylation sites (tertiary alicyclic amines) is 2. The lowest BCUT2D eigenvalue weighted by Crippen LogP contribution is -2.55. The minimum atomic E-state index is -0.414. The first-order chi connectivity index (χ1) is 16.8. The molecule has 9 nitrogen and oxygen atoms in total. The molecule has 3 fully saturated rings. The molecule has 35 heavy (non-hydrogen) atoms. The fraction of sp³-hybridized carbons (Fsp3) is 0.769. The molecule has 3 amide bonds. The van der Waals surface area contributed by atoms with Crippen molar-refractivity contribution in [3.05, 3.63) is 17.2 Å². The van der Waals surface area contributed by atoms with Crippen LogP contribution in [0, 0.1) is 18.3 Å². The van der Waals surface area contributed by atoms with Gasteiger partial charge in [0.25, 0.3) is 0 Å². The lowest BCUT2D eigenvalue weighted by Gasteiger charge is -2.42. The Hall–Kier alpha value is -2.42. The molecule has 0 saturated carbocycles. The van der Waals surface area contributed by atoms with Gasteiger partial charge in [0.2, 0.25) is 17.7 Å². The van der Waals surface area contributed by atoms with Crippen LogP contribution in [-0.4, -0.2) is 76.3 Å². The van der Waals surface area contributed by atoms with Crippen LogP contribution >= 0.6 is 0 Å². The van der Waals surface area contributed by atoms with Crippen LogP contribution in [0.1, 0.15) is 76.0 Å². The summed E-state index contributed by atoms with van der Waals surface area (Å²) < 4.78 is 0. The molecule has 0 bridgehead atoms. The Morgan fingerprint density at radius 3 is 2.57 bits per heavy atom. The van der Waals surface area contributed by atoms with Crippen molar-refractivity contribution in [2.24, 2.45) is 11.3 Å².